The van der Waals surface area contributed by atoms with Crippen LogP contribution in [0.25, 0.3) is 0 Å². The van der Waals surface area contributed by atoms with E-state index in [1.807, 2.05) is 0 Å². The fourth-order valence-corrected chi connectivity index (χ4v) is 2.65. The number of aliphatic hydroxyl groups excluding tert-OH is 1. The van der Waals surface area contributed by atoms with Crippen LogP contribution >= 0.6 is 0 Å². The molecule has 0 aromatic carbocycles. The Bertz CT molecular complexity index is 191. The molecule has 3 atom stereocenters. The van der Waals surface area contributed by atoms with Crippen molar-refractivity contribution in [2.45, 2.75) is 26.4 Å². The first-order chi connectivity index (χ1) is 8.11. The topological polar surface area (TPSA) is 41.9 Å². The zero-order chi connectivity index (χ0) is 12.7. The summed E-state index contributed by atoms with van der Waals surface area (Å²) in [5, 5.41) is 9.87. The maximum Gasteiger partial charge on any atom is 0.0900 e. The zero-order valence-electron chi connectivity index (χ0n) is 11.4. The molecule has 0 bridgehead atoms. The quantitative estimate of drug-likeness (QED) is 0.679. The Morgan fingerprint density at radius 1 is 1.24 bits per heavy atom. The first-order valence-electron chi connectivity index (χ1n) is 6.59. The Kier molecular flexibility index (Phi) is 7.04. The van der Waals surface area contributed by atoms with E-state index in [4.69, 9.17) is 9.47 Å². The largest absolute Gasteiger partial charge is 0.389 e. The van der Waals surface area contributed by atoms with Crippen LogP contribution in [-0.4, -0.2) is 62.7 Å². The van der Waals surface area contributed by atoms with E-state index in [9.17, 15) is 5.11 Å². The van der Waals surface area contributed by atoms with Crippen molar-refractivity contribution in [1.82, 2.24) is 4.90 Å². The fraction of sp³-hybridized carbons (Fsp3) is 1.00. The predicted molar refractivity (Wildman–Crippen MR) is 68.1 cm³/mol. The molecule has 0 radical (unpaired) electrons. The lowest BCUT2D eigenvalue weighted by Crippen LogP contribution is -2.43. The van der Waals surface area contributed by atoms with Gasteiger partial charge in [0.2, 0.25) is 0 Å². The predicted octanol–water partition coefficient (Wildman–Crippen LogP) is 0.988. The minimum absolute atomic E-state index is 0.385. The third kappa shape index (κ3) is 6.36. The summed E-state index contributed by atoms with van der Waals surface area (Å²) in [6.07, 6.45) is 0.918. The number of β-amino-alcohol motifs (C(OH)–C–C–N with tert-alkyl or cyclic N) is 1. The van der Waals surface area contributed by atoms with Crippen LogP contribution in [-0.2, 0) is 9.47 Å². The smallest absolute Gasteiger partial charge is 0.0900 e. The van der Waals surface area contributed by atoms with E-state index in [0.717, 1.165) is 31.5 Å². The SMILES string of the molecule is COCCOCC(O)CN1CC(C)CC(C)C1. The number of likely N-dealkylation sites (tertiary alicyclic amines) is 1. The summed E-state index contributed by atoms with van der Waals surface area (Å²) in [5.74, 6) is 1.47. The first-order valence-corrected chi connectivity index (χ1v) is 6.59. The molecule has 4 nitrogen and oxygen atoms in total. The number of hydrogen-bond acceptors (Lipinski definition) is 4. The maximum atomic E-state index is 9.87. The average molecular weight is 245 g/mol. The van der Waals surface area contributed by atoms with Crippen molar-refractivity contribution in [2.24, 2.45) is 11.8 Å². The number of rotatable bonds is 7. The minimum atomic E-state index is -0.385. The van der Waals surface area contributed by atoms with Crippen molar-refractivity contribution in [3.8, 4) is 0 Å². The number of nitrogens with zero attached hydrogens (tertiary/aromatic N) is 1. The number of piperidine rings is 1. The molecule has 0 amide bonds. The highest BCUT2D eigenvalue weighted by atomic mass is 16.5. The van der Waals surface area contributed by atoms with Crippen LogP contribution in [0.15, 0.2) is 0 Å². The molecule has 17 heavy (non-hydrogen) atoms. The molecule has 1 aliphatic rings. The molecule has 4 heteroatoms. The molecule has 0 aromatic heterocycles. The second-order valence-corrected chi connectivity index (χ2v) is 5.39. The van der Waals surface area contributed by atoms with Crippen LogP contribution in [0.1, 0.15) is 20.3 Å². The average Bonchev–Trinajstić information content (AvgIpc) is 2.23. The Morgan fingerprint density at radius 3 is 2.47 bits per heavy atom. The van der Waals surface area contributed by atoms with Gasteiger partial charge in [-0.1, -0.05) is 13.8 Å². The second kappa shape index (κ2) is 8.03. The molecule has 0 aliphatic carbocycles. The summed E-state index contributed by atoms with van der Waals surface area (Å²) in [6.45, 7) is 9.03. The van der Waals surface area contributed by atoms with Crippen LogP contribution in [0.4, 0.5) is 0 Å². The fourth-order valence-electron chi connectivity index (χ4n) is 2.65. The molecule has 1 N–H and O–H groups in total. The van der Waals surface area contributed by atoms with Gasteiger partial charge in [0.25, 0.3) is 0 Å². The van der Waals surface area contributed by atoms with Crippen LogP contribution in [0, 0.1) is 11.8 Å². The molecular weight excluding hydrogens is 218 g/mol. The van der Waals surface area contributed by atoms with Crippen LogP contribution < -0.4 is 0 Å². The molecule has 1 saturated heterocycles. The highest BCUT2D eigenvalue weighted by Gasteiger charge is 2.23. The van der Waals surface area contributed by atoms with Gasteiger partial charge in [0.15, 0.2) is 0 Å². The van der Waals surface area contributed by atoms with E-state index in [-0.39, 0.29) is 6.10 Å². The first kappa shape index (κ1) is 14.9. The molecule has 1 rings (SSSR count). The van der Waals surface area contributed by atoms with Crippen molar-refractivity contribution < 1.29 is 14.6 Å². The van der Waals surface area contributed by atoms with Gasteiger partial charge in [0, 0.05) is 26.7 Å². The van der Waals surface area contributed by atoms with Crippen molar-refractivity contribution in [2.75, 3.05) is 46.6 Å². The summed E-state index contributed by atoms with van der Waals surface area (Å²) in [7, 11) is 1.65. The summed E-state index contributed by atoms with van der Waals surface area (Å²) in [4.78, 5) is 2.35. The zero-order valence-corrected chi connectivity index (χ0v) is 11.4. The second-order valence-electron chi connectivity index (χ2n) is 5.39. The third-order valence-corrected chi connectivity index (χ3v) is 3.16. The highest BCUT2D eigenvalue weighted by molar-refractivity contribution is 4.76. The van der Waals surface area contributed by atoms with E-state index < -0.39 is 0 Å². The Morgan fingerprint density at radius 2 is 1.88 bits per heavy atom. The summed E-state index contributed by atoms with van der Waals surface area (Å²) < 4.78 is 10.2. The van der Waals surface area contributed by atoms with Gasteiger partial charge in [-0.2, -0.15) is 0 Å². The summed E-state index contributed by atoms with van der Waals surface area (Å²) in [6, 6.07) is 0. The number of methoxy groups -OCH3 is 1. The Hall–Kier alpha value is -0.160. The van der Waals surface area contributed by atoms with Crippen LogP contribution in [0.3, 0.4) is 0 Å². The summed E-state index contributed by atoms with van der Waals surface area (Å²) >= 11 is 0. The van der Waals surface area contributed by atoms with E-state index in [1.165, 1.54) is 6.42 Å². The molecule has 1 heterocycles. The Balaban J connectivity index is 2.14. The van der Waals surface area contributed by atoms with Gasteiger partial charge in [0.1, 0.15) is 0 Å². The Labute approximate surface area is 105 Å². The van der Waals surface area contributed by atoms with Gasteiger partial charge in [-0.15, -0.1) is 0 Å². The summed E-state index contributed by atoms with van der Waals surface area (Å²) in [5.41, 5.74) is 0. The lowest BCUT2D eigenvalue weighted by Gasteiger charge is -2.35. The van der Waals surface area contributed by atoms with Crippen LogP contribution in [0.2, 0.25) is 0 Å². The molecule has 0 saturated carbocycles. The maximum absolute atomic E-state index is 9.87. The van der Waals surface area contributed by atoms with Gasteiger partial charge in [-0.25, -0.2) is 0 Å². The normalized spacial score (nSPS) is 28.2. The van der Waals surface area contributed by atoms with Crippen molar-refractivity contribution in [3.05, 3.63) is 0 Å². The molecule has 3 unspecified atom stereocenters. The highest BCUT2D eigenvalue weighted by Crippen LogP contribution is 2.20. The van der Waals surface area contributed by atoms with E-state index in [2.05, 4.69) is 18.7 Å². The molecule has 1 fully saturated rings. The van der Waals surface area contributed by atoms with E-state index in [1.54, 1.807) is 7.11 Å². The van der Waals surface area contributed by atoms with Gasteiger partial charge < -0.3 is 19.5 Å². The molecular formula is C13H27NO3. The monoisotopic (exact) mass is 245 g/mol. The molecule has 1 aliphatic heterocycles. The van der Waals surface area contributed by atoms with E-state index >= 15 is 0 Å². The van der Waals surface area contributed by atoms with Gasteiger partial charge >= 0.3 is 0 Å². The van der Waals surface area contributed by atoms with Gasteiger partial charge in [0.05, 0.1) is 25.9 Å². The van der Waals surface area contributed by atoms with Gasteiger partial charge in [-0.05, 0) is 18.3 Å². The van der Waals surface area contributed by atoms with Gasteiger partial charge in [-0.3, -0.25) is 0 Å². The lowest BCUT2D eigenvalue weighted by atomic mass is 9.92. The lowest BCUT2D eigenvalue weighted by molar-refractivity contribution is -0.00876. The van der Waals surface area contributed by atoms with Crippen molar-refractivity contribution in [1.29, 1.82) is 0 Å². The molecule has 102 valence electrons. The van der Waals surface area contributed by atoms with Crippen molar-refractivity contribution in [3.63, 3.8) is 0 Å². The molecule has 0 aromatic rings. The number of hydrogen-bond donors (Lipinski definition) is 1. The third-order valence-electron chi connectivity index (χ3n) is 3.16. The minimum Gasteiger partial charge on any atom is -0.389 e. The van der Waals surface area contributed by atoms with Crippen molar-refractivity contribution >= 4 is 0 Å². The van der Waals surface area contributed by atoms with E-state index in [0.29, 0.717) is 19.8 Å². The number of aliphatic hydroxyl groups is 1. The standard InChI is InChI=1S/C13H27NO3/c1-11-6-12(2)8-14(7-11)9-13(15)10-17-5-4-16-3/h11-13,15H,4-10H2,1-3H3. The molecule has 0 spiro atoms. The van der Waals surface area contributed by atoms with Crippen LogP contribution in [0.5, 0.6) is 0 Å². The number of ether oxygens (including phenoxy) is 2.